The van der Waals surface area contributed by atoms with Crippen molar-refractivity contribution >= 4 is 18.0 Å². The number of benzene rings is 2. The van der Waals surface area contributed by atoms with Crippen LogP contribution in [0.1, 0.15) is 50.2 Å². The van der Waals surface area contributed by atoms with E-state index in [0.29, 0.717) is 25.8 Å². The Balaban J connectivity index is 1.38. The van der Waals surface area contributed by atoms with Gasteiger partial charge in [0.05, 0.1) is 5.92 Å². The van der Waals surface area contributed by atoms with Gasteiger partial charge in [0.25, 0.3) is 0 Å². The highest BCUT2D eigenvalue weighted by molar-refractivity contribution is 5.90. The number of aliphatic carboxylic acids is 1. The Morgan fingerprint density at radius 3 is 2.09 bits per heavy atom. The molecule has 0 radical (unpaired) electrons. The van der Waals surface area contributed by atoms with Crippen LogP contribution in [0, 0.1) is 11.8 Å². The number of carboxylic acids is 1. The average molecular weight is 451 g/mol. The SMILES string of the molecule is CCC(CC)(NC(=O)OCC1c2ccccc2-c2ccccc21)C(=O)NCC1CC1C(=O)O. The minimum Gasteiger partial charge on any atom is -0.481 e. The fourth-order valence-electron chi connectivity index (χ4n) is 4.80. The minimum absolute atomic E-state index is 0.0488. The molecule has 4 rings (SSSR count). The molecule has 7 nitrogen and oxygen atoms in total. The summed E-state index contributed by atoms with van der Waals surface area (Å²) < 4.78 is 5.63. The quantitative estimate of drug-likeness (QED) is 0.537. The zero-order valence-corrected chi connectivity index (χ0v) is 19.0. The molecule has 3 N–H and O–H groups in total. The third-order valence-electron chi connectivity index (χ3n) is 7.09. The van der Waals surface area contributed by atoms with Gasteiger partial charge in [0.15, 0.2) is 0 Å². The third kappa shape index (κ3) is 4.45. The Bertz CT molecular complexity index is 1020. The Morgan fingerprint density at radius 2 is 1.58 bits per heavy atom. The van der Waals surface area contributed by atoms with E-state index in [1.807, 2.05) is 38.1 Å². The summed E-state index contributed by atoms with van der Waals surface area (Å²) in [4.78, 5) is 36.7. The molecule has 33 heavy (non-hydrogen) atoms. The number of fused-ring (bicyclic) bond motifs is 3. The van der Waals surface area contributed by atoms with Crippen LogP contribution >= 0.6 is 0 Å². The lowest BCUT2D eigenvalue weighted by Crippen LogP contribution is -2.58. The second-order valence-electron chi connectivity index (χ2n) is 8.89. The van der Waals surface area contributed by atoms with Crippen molar-refractivity contribution in [1.29, 1.82) is 0 Å². The minimum atomic E-state index is -1.10. The fourth-order valence-corrected chi connectivity index (χ4v) is 4.80. The summed E-state index contributed by atoms with van der Waals surface area (Å²) in [5.41, 5.74) is 3.45. The van der Waals surface area contributed by atoms with Gasteiger partial charge < -0.3 is 20.5 Å². The van der Waals surface area contributed by atoms with Crippen molar-refractivity contribution in [3.05, 3.63) is 59.7 Å². The number of alkyl carbamates (subject to hydrolysis) is 1. The highest BCUT2D eigenvalue weighted by Crippen LogP contribution is 2.44. The van der Waals surface area contributed by atoms with Crippen molar-refractivity contribution in [3.63, 3.8) is 0 Å². The largest absolute Gasteiger partial charge is 0.481 e. The first-order chi connectivity index (χ1) is 15.9. The predicted molar refractivity (Wildman–Crippen MR) is 124 cm³/mol. The number of ether oxygens (including phenoxy) is 1. The summed E-state index contributed by atoms with van der Waals surface area (Å²) in [6.45, 7) is 4.14. The molecule has 2 aliphatic carbocycles. The first-order valence-electron chi connectivity index (χ1n) is 11.5. The summed E-state index contributed by atoms with van der Waals surface area (Å²) >= 11 is 0. The van der Waals surface area contributed by atoms with Crippen LogP contribution in [0.25, 0.3) is 11.1 Å². The van der Waals surface area contributed by atoms with E-state index in [1.54, 1.807) is 0 Å². The molecule has 0 heterocycles. The van der Waals surface area contributed by atoms with Gasteiger partial charge in [0, 0.05) is 12.5 Å². The van der Waals surface area contributed by atoms with Gasteiger partial charge in [-0.05, 0) is 47.4 Å². The molecule has 1 fully saturated rings. The van der Waals surface area contributed by atoms with Crippen molar-refractivity contribution < 1.29 is 24.2 Å². The lowest BCUT2D eigenvalue weighted by atomic mass is 9.91. The summed E-state index contributed by atoms with van der Waals surface area (Å²) in [5, 5.41) is 14.7. The van der Waals surface area contributed by atoms with Gasteiger partial charge in [-0.2, -0.15) is 0 Å². The molecule has 0 saturated heterocycles. The molecule has 2 aliphatic rings. The van der Waals surface area contributed by atoms with E-state index in [0.717, 1.165) is 22.3 Å². The second kappa shape index (κ2) is 9.25. The molecule has 2 atom stereocenters. The van der Waals surface area contributed by atoms with Gasteiger partial charge in [-0.25, -0.2) is 4.79 Å². The maximum Gasteiger partial charge on any atom is 0.408 e. The first kappa shape index (κ1) is 22.8. The van der Waals surface area contributed by atoms with Crippen molar-refractivity contribution in [2.24, 2.45) is 11.8 Å². The summed E-state index contributed by atoms with van der Waals surface area (Å²) in [6.07, 6.45) is 0.727. The molecule has 0 aliphatic heterocycles. The molecule has 0 spiro atoms. The molecule has 1 saturated carbocycles. The number of carboxylic acid groups (broad SMARTS) is 1. The van der Waals surface area contributed by atoms with E-state index >= 15 is 0 Å². The summed E-state index contributed by atoms with van der Waals surface area (Å²) in [7, 11) is 0. The second-order valence-corrected chi connectivity index (χ2v) is 8.89. The maximum atomic E-state index is 12.9. The molecule has 2 aromatic rings. The highest BCUT2D eigenvalue weighted by atomic mass is 16.5. The van der Waals surface area contributed by atoms with Crippen LogP contribution in [-0.2, 0) is 14.3 Å². The molecule has 7 heteroatoms. The molecule has 2 amide bonds. The van der Waals surface area contributed by atoms with Crippen LogP contribution in [0.4, 0.5) is 4.79 Å². The van der Waals surface area contributed by atoms with Crippen molar-refractivity contribution in [2.75, 3.05) is 13.2 Å². The van der Waals surface area contributed by atoms with Crippen molar-refractivity contribution in [1.82, 2.24) is 10.6 Å². The van der Waals surface area contributed by atoms with Crippen LogP contribution in [0.3, 0.4) is 0 Å². The van der Waals surface area contributed by atoms with Crippen molar-refractivity contribution in [2.45, 2.75) is 44.6 Å². The Morgan fingerprint density at radius 1 is 1.00 bits per heavy atom. The van der Waals surface area contributed by atoms with Crippen LogP contribution in [0.15, 0.2) is 48.5 Å². The molecule has 174 valence electrons. The lowest BCUT2D eigenvalue weighted by molar-refractivity contribution is -0.139. The number of nitrogens with one attached hydrogen (secondary N) is 2. The zero-order chi connectivity index (χ0) is 23.6. The van der Waals surface area contributed by atoms with Gasteiger partial charge in [0.2, 0.25) is 5.91 Å². The lowest BCUT2D eigenvalue weighted by Gasteiger charge is -2.31. The molecule has 2 unspecified atom stereocenters. The number of carbonyl (C=O) groups is 3. The number of hydrogen-bond donors (Lipinski definition) is 3. The van der Waals surface area contributed by atoms with Gasteiger partial charge in [-0.1, -0.05) is 62.4 Å². The number of amides is 2. The Hall–Kier alpha value is -3.35. The average Bonchev–Trinajstić information content (AvgIpc) is 3.55. The Labute approximate surface area is 193 Å². The molecular formula is C26H30N2O5. The molecule has 0 aromatic heterocycles. The first-order valence-corrected chi connectivity index (χ1v) is 11.5. The highest BCUT2D eigenvalue weighted by Gasteiger charge is 2.44. The van der Waals surface area contributed by atoms with E-state index < -0.39 is 23.5 Å². The van der Waals surface area contributed by atoms with Gasteiger partial charge in [0.1, 0.15) is 12.1 Å². The van der Waals surface area contributed by atoms with Gasteiger partial charge in [-0.3, -0.25) is 9.59 Å². The fraction of sp³-hybridized carbons (Fsp3) is 0.423. The standard InChI is InChI=1S/C26H30N2O5/c1-3-26(4-2,24(31)27-14-16-13-21(16)23(29)30)28-25(32)33-15-22-19-11-7-5-9-17(19)18-10-6-8-12-20(18)22/h5-12,16,21-22H,3-4,13-15H2,1-2H3,(H,27,31)(H,28,32)(H,29,30). The van der Waals surface area contributed by atoms with E-state index in [9.17, 15) is 14.4 Å². The van der Waals surface area contributed by atoms with Crippen molar-refractivity contribution in [3.8, 4) is 11.1 Å². The van der Waals surface area contributed by atoms with Crippen LogP contribution in [-0.4, -0.2) is 41.8 Å². The monoisotopic (exact) mass is 450 g/mol. The van der Waals surface area contributed by atoms with Crippen LogP contribution in [0.2, 0.25) is 0 Å². The topological polar surface area (TPSA) is 105 Å². The zero-order valence-electron chi connectivity index (χ0n) is 19.0. The van der Waals surface area contributed by atoms with E-state index in [2.05, 4.69) is 34.9 Å². The van der Waals surface area contributed by atoms with Crippen LogP contribution < -0.4 is 10.6 Å². The van der Waals surface area contributed by atoms with E-state index in [4.69, 9.17) is 9.84 Å². The van der Waals surface area contributed by atoms with E-state index in [1.165, 1.54) is 0 Å². The normalized spacial score (nSPS) is 18.7. The maximum absolute atomic E-state index is 12.9. The summed E-state index contributed by atoms with van der Waals surface area (Å²) in [6, 6.07) is 16.2. The summed E-state index contributed by atoms with van der Waals surface area (Å²) in [5.74, 6) is -1.64. The molecular weight excluding hydrogens is 420 g/mol. The smallest absolute Gasteiger partial charge is 0.408 e. The van der Waals surface area contributed by atoms with Gasteiger partial charge in [-0.15, -0.1) is 0 Å². The Kier molecular flexibility index (Phi) is 6.40. The molecule has 0 bridgehead atoms. The molecule has 2 aromatic carbocycles. The number of carbonyl (C=O) groups excluding carboxylic acids is 2. The number of hydrogen-bond acceptors (Lipinski definition) is 4. The van der Waals surface area contributed by atoms with E-state index in [-0.39, 0.29) is 24.3 Å². The predicted octanol–water partition coefficient (Wildman–Crippen LogP) is 3.92. The van der Waals surface area contributed by atoms with Gasteiger partial charge >= 0.3 is 12.1 Å². The number of rotatable bonds is 9. The van der Waals surface area contributed by atoms with Crippen LogP contribution in [0.5, 0.6) is 0 Å². The third-order valence-corrected chi connectivity index (χ3v) is 7.09.